The first-order chi connectivity index (χ1) is 14.7. The van der Waals surface area contributed by atoms with Gasteiger partial charge in [0.2, 0.25) is 0 Å². The van der Waals surface area contributed by atoms with Crippen molar-refractivity contribution in [3.05, 3.63) is 87.1 Å². The highest BCUT2D eigenvalue weighted by atomic mass is 35.5. The molecule has 4 rings (SSSR count). The van der Waals surface area contributed by atoms with Crippen LogP contribution in [-0.4, -0.2) is 18.9 Å². The normalized spacial score (nSPS) is 12.3. The number of hydrogen-bond acceptors (Lipinski definition) is 4. The summed E-state index contributed by atoms with van der Waals surface area (Å²) in [7, 11) is -2.04. The van der Waals surface area contributed by atoms with Crippen LogP contribution in [0, 0.1) is 0 Å². The van der Waals surface area contributed by atoms with E-state index in [2.05, 4.69) is 9.71 Å². The van der Waals surface area contributed by atoms with Crippen LogP contribution < -0.4 is 9.52 Å². The van der Waals surface area contributed by atoms with Crippen molar-refractivity contribution < 1.29 is 13.2 Å². The number of aryl methyl sites for hydroxylation is 1. The Morgan fingerprint density at radius 1 is 1.03 bits per heavy atom. The fraction of sp³-hybridized carbons (Fsp3) is 0.0476. The second-order valence-corrected chi connectivity index (χ2v) is 10.1. The molecule has 10 heteroatoms. The number of fused-ring (bicyclic) bond motifs is 1. The number of rotatable bonds is 4. The molecule has 0 aliphatic carbocycles. The molecule has 1 aromatic heterocycles. The molecule has 0 fully saturated rings. The summed E-state index contributed by atoms with van der Waals surface area (Å²) >= 11 is 13.4. The Labute approximate surface area is 192 Å². The Balaban J connectivity index is 1.65. The molecule has 0 spiro atoms. The second-order valence-electron chi connectivity index (χ2n) is 6.59. The van der Waals surface area contributed by atoms with E-state index in [9.17, 15) is 13.2 Å². The van der Waals surface area contributed by atoms with Gasteiger partial charge in [-0.1, -0.05) is 46.7 Å². The molecule has 1 heterocycles. The molecule has 0 saturated heterocycles. The summed E-state index contributed by atoms with van der Waals surface area (Å²) in [5.74, 6) is -0.495. The summed E-state index contributed by atoms with van der Waals surface area (Å²) in [6, 6.07) is 17.5. The number of amides is 1. The minimum absolute atomic E-state index is 0.0625. The van der Waals surface area contributed by atoms with E-state index in [1.807, 2.05) is 12.1 Å². The number of para-hydroxylation sites is 1. The van der Waals surface area contributed by atoms with Crippen LogP contribution in [0.4, 0.5) is 5.69 Å². The first-order valence-electron chi connectivity index (χ1n) is 8.96. The zero-order valence-corrected chi connectivity index (χ0v) is 19.2. The molecule has 3 aromatic carbocycles. The number of aromatic nitrogens is 1. The molecule has 0 aliphatic heterocycles. The third-order valence-corrected chi connectivity index (χ3v) is 7.51. The van der Waals surface area contributed by atoms with E-state index in [4.69, 9.17) is 23.2 Å². The number of carbonyl (C=O) groups excluding carboxylic acids is 1. The van der Waals surface area contributed by atoms with Crippen molar-refractivity contribution in [3.63, 3.8) is 0 Å². The van der Waals surface area contributed by atoms with Crippen molar-refractivity contribution in [1.82, 2.24) is 4.57 Å². The van der Waals surface area contributed by atoms with Crippen molar-refractivity contribution >= 4 is 66.4 Å². The van der Waals surface area contributed by atoms with Gasteiger partial charge >= 0.3 is 0 Å². The fourth-order valence-corrected chi connectivity index (χ4v) is 5.54. The molecule has 0 radical (unpaired) electrons. The number of halogens is 2. The van der Waals surface area contributed by atoms with Gasteiger partial charge in [-0.25, -0.2) is 8.42 Å². The van der Waals surface area contributed by atoms with Gasteiger partial charge in [0.1, 0.15) is 0 Å². The Kier molecular flexibility index (Phi) is 5.90. The van der Waals surface area contributed by atoms with Crippen molar-refractivity contribution in [1.29, 1.82) is 0 Å². The quantitative estimate of drug-likeness (QED) is 0.431. The lowest BCUT2D eigenvalue weighted by molar-refractivity contribution is 0.0998. The van der Waals surface area contributed by atoms with Crippen LogP contribution in [0.25, 0.3) is 10.2 Å². The highest BCUT2D eigenvalue weighted by Gasteiger charge is 2.15. The molecule has 4 aromatic rings. The maximum Gasteiger partial charge on any atom is 0.279 e. The van der Waals surface area contributed by atoms with E-state index in [0.717, 1.165) is 10.2 Å². The van der Waals surface area contributed by atoms with E-state index >= 15 is 0 Å². The van der Waals surface area contributed by atoms with E-state index in [1.165, 1.54) is 41.7 Å². The summed E-state index contributed by atoms with van der Waals surface area (Å²) in [5, 5.41) is 1.01. The summed E-state index contributed by atoms with van der Waals surface area (Å²) < 4.78 is 30.3. The Bertz CT molecular complexity index is 1470. The highest BCUT2D eigenvalue weighted by molar-refractivity contribution is 7.92. The van der Waals surface area contributed by atoms with Crippen molar-refractivity contribution in [2.24, 2.45) is 12.0 Å². The first kappa shape index (κ1) is 21.6. The van der Waals surface area contributed by atoms with Crippen LogP contribution in [-0.2, 0) is 17.1 Å². The summed E-state index contributed by atoms with van der Waals surface area (Å²) in [6.45, 7) is 0. The molecule has 1 amide bonds. The molecule has 158 valence electrons. The Morgan fingerprint density at radius 2 is 1.74 bits per heavy atom. The van der Waals surface area contributed by atoms with E-state index in [-0.39, 0.29) is 16.1 Å². The average Bonchev–Trinajstić information content (AvgIpc) is 3.04. The van der Waals surface area contributed by atoms with E-state index < -0.39 is 15.9 Å². The monoisotopic (exact) mass is 491 g/mol. The standard InChI is InChI=1S/C21H15Cl2N3O3S2/c1-26-19-17(23)6-3-7-18(19)30-21(26)24-20(27)13-4-2-5-15(12-13)25-31(28,29)16-10-8-14(22)9-11-16/h2-12,25H,1H3. The van der Waals surface area contributed by atoms with Crippen molar-refractivity contribution in [2.75, 3.05) is 4.72 Å². The van der Waals surface area contributed by atoms with Crippen molar-refractivity contribution in [2.45, 2.75) is 4.90 Å². The third kappa shape index (κ3) is 4.52. The lowest BCUT2D eigenvalue weighted by atomic mass is 10.2. The molecule has 0 atom stereocenters. The summed E-state index contributed by atoms with van der Waals surface area (Å²) in [5.41, 5.74) is 1.30. The van der Waals surface area contributed by atoms with Crippen LogP contribution in [0.15, 0.2) is 76.6 Å². The van der Waals surface area contributed by atoms with Crippen LogP contribution in [0.5, 0.6) is 0 Å². The molecular formula is C21H15Cl2N3O3S2. The number of nitrogens with one attached hydrogen (secondary N) is 1. The van der Waals surface area contributed by atoms with Crippen LogP contribution >= 0.6 is 34.5 Å². The number of anilines is 1. The number of thiazole rings is 1. The molecule has 0 aliphatic rings. The minimum atomic E-state index is -3.83. The SMILES string of the molecule is Cn1c(=NC(=O)c2cccc(NS(=O)(=O)c3ccc(Cl)cc3)c2)sc2cccc(Cl)c21. The van der Waals surface area contributed by atoms with Gasteiger partial charge in [0, 0.05) is 23.3 Å². The lowest BCUT2D eigenvalue weighted by Gasteiger charge is -2.09. The van der Waals surface area contributed by atoms with Crippen LogP contribution in [0.1, 0.15) is 10.4 Å². The average molecular weight is 492 g/mol. The summed E-state index contributed by atoms with van der Waals surface area (Å²) in [4.78, 5) is 17.5. The van der Waals surface area contributed by atoms with Gasteiger partial charge in [-0.3, -0.25) is 9.52 Å². The second kappa shape index (κ2) is 8.47. The molecule has 0 unspecified atom stereocenters. The van der Waals surface area contributed by atoms with Gasteiger partial charge in [-0.05, 0) is 54.6 Å². The van der Waals surface area contributed by atoms with Crippen LogP contribution in [0.2, 0.25) is 10.0 Å². The van der Waals surface area contributed by atoms with Crippen molar-refractivity contribution in [3.8, 4) is 0 Å². The zero-order valence-electron chi connectivity index (χ0n) is 16.0. The maximum absolute atomic E-state index is 12.8. The van der Waals surface area contributed by atoms with Gasteiger partial charge in [0.15, 0.2) is 4.80 Å². The Morgan fingerprint density at radius 3 is 2.45 bits per heavy atom. The number of benzene rings is 3. The summed E-state index contributed by atoms with van der Waals surface area (Å²) in [6.07, 6.45) is 0. The van der Waals surface area contributed by atoms with Gasteiger partial charge in [-0.15, -0.1) is 0 Å². The largest absolute Gasteiger partial charge is 0.318 e. The van der Waals surface area contributed by atoms with E-state index in [1.54, 1.807) is 35.9 Å². The third-order valence-electron chi connectivity index (χ3n) is 4.46. The van der Waals surface area contributed by atoms with E-state index in [0.29, 0.717) is 14.8 Å². The molecule has 6 nitrogen and oxygen atoms in total. The number of sulfonamides is 1. The first-order valence-corrected chi connectivity index (χ1v) is 12.0. The van der Waals surface area contributed by atoms with Gasteiger partial charge in [-0.2, -0.15) is 4.99 Å². The predicted molar refractivity (Wildman–Crippen MR) is 124 cm³/mol. The Hall–Kier alpha value is -2.65. The minimum Gasteiger partial charge on any atom is -0.318 e. The molecular weight excluding hydrogens is 477 g/mol. The molecule has 0 saturated carbocycles. The molecule has 31 heavy (non-hydrogen) atoms. The molecule has 1 N–H and O–H groups in total. The smallest absolute Gasteiger partial charge is 0.279 e. The van der Waals surface area contributed by atoms with Gasteiger partial charge in [0.25, 0.3) is 15.9 Å². The topological polar surface area (TPSA) is 80.5 Å². The van der Waals surface area contributed by atoms with Gasteiger partial charge < -0.3 is 4.57 Å². The number of hydrogen-bond donors (Lipinski definition) is 1. The number of carbonyl (C=O) groups is 1. The zero-order chi connectivity index (χ0) is 22.2. The maximum atomic E-state index is 12.8. The highest BCUT2D eigenvalue weighted by Crippen LogP contribution is 2.24. The predicted octanol–water partition coefficient (Wildman–Crippen LogP) is 5.09. The molecule has 0 bridgehead atoms. The fourth-order valence-electron chi connectivity index (χ4n) is 2.96. The van der Waals surface area contributed by atoms with Crippen LogP contribution in [0.3, 0.4) is 0 Å². The lowest BCUT2D eigenvalue weighted by Crippen LogP contribution is -2.14. The van der Waals surface area contributed by atoms with Gasteiger partial charge in [0.05, 0.1) is 20.1 Å². The number of nitrogens with zero attached hydrogens (tertiary/aromatic N) is 2.